The van der Waals surface area contributed by atoms with E-state index >= 15 is 0 Å². The van der Waals surface area contributed by atoms with E-state index in [0.717, 1.165) is 20.9 Å². The second-order valence-corrected chi connectivity index (χ2v) is 4.53. The van der Waals surface area contributed by atoms with Gasteiger partial charge in [0, 0.05) is 9.80 Å². The Morgan fingerprint density at radius 1 is 1.47 bits per heavy atom. The van der Waals surface area contributed by atoms with Crippen molar-refractivity contribution < 1.29 is 9.53 Å². The molecule has 0 aliphatic carbocycles. The minimum absolute atomic E-state index is 0.267. The molecule has 1 aromatic carbocycles. The van der Waals surface area contributed by atoms with Gasteiger partial charge in [-0.1, -0.05) is 37.9 Å². The molecule has 0 radical (unpaired) electrons. The van der Waals surface area contributed by atoms with E-state index in [2.05, 4.69) is 31.9 Å². The predicted molar refractivity (Wildman–Crippen MR) is 67.5 cm³/mol. The number of hydrogen-bond donors (Lipinski definition) is 0. The van der Waals surface area contributed by atoms with Crippen molar-refractivity contribution >= 4 is 37.8 Å². The van der Waals surface area contributed by atoms with Gasteiger partial charge in [-0.05, 0) is 31.0 Å². The van der Waals surface area contributed by atoms with Crippen LogP contribution in [0.5, 0.6) is 0 Å². The minimum atomic E-state index is -0.267. The molecule has 0 N–H and O–H groups in total. The molecule has 0 unspecified atom stereocenters. The van der Waals surface area contributed by atoms with E-state index in [9.17, 15) is 4.79 Å². The smallest absolute Gasteiger partial charge is 0.338 e. The number of carbonyl (C=O) groups is 1. The van der Waals surface area contributed by atoms with Crippen LogP contribution in [-0.2, 0) is 10.1 Å². The fraction of sp³-hybridized carbons (Fsp3) is 0.364. The Bertz CT molecular complexity index is 375. The Hall–Kier alpha value is -0.350. The van der Waals surface area contributed by atoms with Crippen LogP contribution in [0.1, 0.15) is 28.4 Å². The molecule has 0 atom stereocenters. The topological polar surface area (TPSA) is 26.3 Å². The van der Waals surface area contributed by atoms with Crippen molar-refractivity contribution in [2.24, 2.45) is 0 Å². The van der Waals surface area contributed by atoms with Crippen molar-refractivity contribution in [2.45, 2.75) is 19.2 Å². The fourth-order valence-electron chi connectivity index (χ4n) is 1.27. The molecule has 0 saturated heterocycles. The van der Waals surface area contributed by atoms with Crippen LogP contribution in [0, 0.1) is 6.92 Å². The van der Waals surface area contributed by atoms with Gasteiger partial charge < -0.3 is 4.74 Å². The van der Waals surface area contributed by atoms with Crippen LogP contribution in [0.15, 0.2) is 16.6 Å². The molecule has 15 heavy (non-hydrogen) atoms. The van der Waals surface area contributed by atoms with E-state index in [-0.39, 0.29) is 5.97 Å². The molecule has 2 nitrogen and oxygen atoms in total. The first-order valence-electron chi connectivity index (χ1n) is 4.62. The number of esters is 1. The van der Waals surface area contributed by atoms with Gasteiger partial charge in [-0.15, -0.1) is 0 Å². The fourth-order valence-corrected chi connectivity index (χ4v) is 2.60. The van der Waals surface area contributed by atoms with Crippen LogP contribution in [0.3, 0.4) is 0 Å². The molecule has 0 heterocycles. The maximum absolute atomic E-state index is 11.6. The maximum Gasteiger partial charge on any atom is 0.338 e. The summed E-state index contributed by atoms with van der Waals surface area (Å²) in [6.07, 6.45) is 0. The van der Waals surface area contributed by atoms with Crippen LogP contribution in [0.4, 0.5) is 0 Å². The van der Waals surface area contributed by atoms with Crippen molar-refractivity contribution in [3.8, 4) is 0 Å². The lowest BCUT2D eigenvalue weighted by Crippen LogP contribution is -2.07. The summed E-state index contributed by atoms with van der Waals surface area (Å²) in [5.74, 6) is -0.267. The van der Waals surface area contributed by atoms with Crippen LogP contribution in [0.25, 0.3) is 0 Å². The zero-order valence-corrected chi connectivity index (χ0v) is 11.8. The average molecular weight is 336 g/mol. The van der Waals surface area contributed by atoms with Gasteiger partial charge >= 0.3 is 5.97 Å². The second-order valence-electron chi connectivity index (χ2n) is 3.11. The van der Waals surface area contributed by atoms with Gasteiger partial charge in [0.1, 0.15) is 0 Å². The molecule has 0 aliphatic rings. The first kappa shape index (κ1) is 12.7. The molecule has 4 heteroatoms. The molecule has 0 fully saturated rings. The Balaban J connectivity index is 3.10. The van der Waals surface area contributed by atoms with Crippen molar-refractivity contribution in [2.75, 3.05) is 6.61 Å². The quantitative estimate of drug-likeness (QED) is 0.620. The van der Waals surface area contributed by atoms with Gasteiger partial charge in [0.15, 0.2) is 0 Å². The van der Waals surface area contributed by atoms with Crippen LogP contribution >= 0.6 is 31.9 Å². The number of aryl methyl sites for hydroxylation is 1. The van der Waals surface area contributed by atoms with Crippen molar-refractivity contribution in [1.29, 1.82) is 0 Å². The van der Waals surface area contributed by atoms with Gasteiger partial charge in [-0.2, -0.15) is 0 Å². The zero-order chi connectivity index (χ0) is 11.4. The molecule has 1 aromatic rings. The Labute approximate surface area is 106 Å². The van der Waals surface area contributed by atoms with Gasteiger partial charge in [0.25, 0.3) is 0 Å². The first-order chi connectivity index (χ1) is 7.10. The normalized spacial score (nSPS) is 10.1. The summed E-state index contributed by atoms with van der Waals surface area (Å²) in [6, 6.07) is 3.79. The third-order valence-electron chi connectivity index (χ3n) is 2.03. The Kier molecular flexibility index (Phi) is 4.80. The molecule has 0 spiro atoms. The molecule has 0 aliphatic heterocycles. The zero-order valence-electron chi connectivity index (χ0n) is 8.64. The number of carbonyl (C=O) groups excluding carboxylic acids is 1. The first-order valence-corrected chi connectivity index (χ1v) is 6.53. The molecule has 0 saturated carbocycles. The number of halogens is 2. The number of benzene rings is 1. The maximum atomic E-state index is 11.6. The van der Waals surface area contributed by atoms with Crippen LogP contribution in [-0.4, -0.2) is 12.6 Å². The summed E-state index contributed by atoms with van der Waals surface area (Å²) in [5.41, 5.74) is 2.68. The highest BCUT2D eigenvalue weighted by molar-refractivity contribution is 9.10. The summed E-state index contributed by atoms with van der Waals surface area (Å²) >= 11 is 6.81. The van der Waals surface area contributed by atoms with Crippen molar-refractivity contribution in [1.82, 2.24) is 0 Å². The van der Waals surface area contributed by atoms with Crippen LogP contribution < -0.4 is 0 Å². The van der Waals surface area contributed by atoms with Gasteiger partial charge in [0.05, 0.1) is 12.2 Å². The average Bonchev–Trinajstić information content (AvgIpc) is 2.21. The van der Waals surface area contributed by atoms with Crippen LogP contribution in [0.2, 0.25) is 0 Å². The molecule has 1 rings (SSSR count). The van der Waals surface area contributed by atoms with E-state index in [1.165, 1.54) is 0 Å². The monoisotopic (exact) mass is 334 g/mol. The molecule has 0 aromatic heterocycles. The highest BCUT2D eigenvalue weighted by Crippen LogP contribution is 2.24. The number of ether oxygens (including phenoxy) is 1. The van der Waals surface area contributed by atoms with Crippen molar-refractivity contribution in [3.05, 3.63) is 33.3 Å². The number of rotatable bonds is 3. The lowest BCUT2D eigenvalue weighted by atomic mass is 10.1. The van der Waals surface area contributed by atoms with E-state index in [1.54, 1.807) is 6.92 Å². The lowest BCUT2D eigenvalue weighted by molar-refractivity contribution is 0.0525. The number of hydrogen-bond acceptors (Lipinski definition) is 2. The molecule has 0 bridgehead atoms. The Morgan fingerprint density at radius 3 is 2.67 bits per heavy atom. The van der Waals surface area contributed by atoms with Crippen molar-refractivity contribution in [3.63, 3.8) is 0 Å². The number of alkyl halides is 1. The van der Waals surface area contributed by atoms with E-state index < -0.39 is 0 Å². The summed E-state index contributed by atoms with van der Waals surface area (Å²) in [7, 11) is 0. The minimum Gasteiger partial charge on any atom is -0.462 e. The SMILES string of the molecule is CCOC(=O)c1cc(Br)c(CBr)cc1C. The van der Waals surface area contributed by atoms with Gasteiger partial charge in [-0.25, -0.2) is 4.79 Å². The summed E-state index contributed by atoms with van der Waals surface area (Å²) in [6.45, 7) is 4.11. The van der Waals surface area contributed by atoms with Gasteiger partial charge in [0.2, 0.25) is 0 Å². The van der Waals surface area contributed by atoms with E-state index in [1.807, 2.05) is 19.1 Å². The second kappa shape index (κ2) is 5.66. The summed E-state index contributed by atoms with van der Waals surface area (Å²) in [5, 5.41) is 0.761. The third kappa shape index (κ3) is 3.05. The highest BCUT2D eigenvalue weighted by Gasteiger charge is 2.12. The largest absolute Gasteiger partial charge is 0.462 e. The molecular weight excluding hydrogens is 324 g/mol. The van der Waals surface area contributed by atoms with E-state index in [0.29, 0.717) is 12.2 Å². The molecule has 82 valence electrons. The summed E-state index contributed by atoms with van der Waals surface area (Å²) in [4.78, 5) is 11.6. The predicted octanol–water partition coefficient (Wildman–Crippen LogP) is 3.83. The summed E-state index contributed by atoms with van der Waals surface area (Å²) < 4.78 is 5.89. The standard InChI is InChI=1S/C11H12Br2O2/c1-3-15-11(14)9-5-10(13)8(6-12)4-7(9)2/h4-5H,3,6H2,1-2H3. The van der Waals surface area contributed by atoms with Gasteiger partial charge in [-0.3, -0.25) is 0 Å². The van der Waals surface area contributed by atoms with E-state index in [4.69, 9.17) is 4.74 Å². The molecular formula is C11H12Br2O2. The Morgan fingerprint density at radius 2 is 2.13 bits per heavy atom. The highest BCUT2D eigenvalue weighted by atomic mass is 79.9. The third-order valence-corrected chi connectivity index (χ3v) is 3.38. The lowest BCUT2D eigenvalue weighted by Gasteiger charge is -2.08. The molecule has 0 amide bonds.